The number of halogens is 2. The zero-order chi connectivity index (χ0) is 44.3. The van der Waals surface area contributed by atoms with Gasteiger partial charge in [0.05, 0.1) is 35.5 Å². The molecule has 4 aliphatic rings. The number of hydrogen-bond acceptors (Lipinski definition) is 12. The Labute approximate surface area is 368 Å². The number of morpholine rings is 1. The van der Waals surface area contributed by atoms with Crippen molar-refractivity contribution in [3.8, 4) is 11.5 Å². The minimum atomic E-state index is -2.88. The van der Waals surface area contributed by atoms with Crippen LogP contribution < -0.4 is 27.0 Å². The van der Waals surface area contributed by atoms with Crippen LogP contribution in [0.2, 0.25) is 0 Å². The van der Waals surface area contributed by atoms with Crippen LogP contribution in [0.4, 0.5) is 20.3 Å². The first kappa shape index (κ1) is 43.5. The molecular weight excluding hydrogens is 829 g/mol. The second kappa shape index (κ2) is 19.1. The minimum absolute atomic E-state index is 0.0342. The van der Waals surface area contributed by atoms with Gasteiger partial charge in [-0.15, -0.1) is 0 Å². The quantitative estimate of drug-likeness (QED) is 0.0890. The van der Waals surface area contributed by atoms with E-state index in [9.17, 15) is 28.0 Å². The number of amides is 3. The van der Waals surface area contributed by atoms with E-state index < -0.39 is 30.0 Å². The fraction of sp³-hybridized carbons (Fsp3) is 0.533. The van der Waals surface area contributed by atoms with Crippen LogP contribution in [0.3, 0.4) is 0 Å². The van der Waals surface area contributed by atoms with Crippen molar-refractivity contribution in [1.29, 1.82) is 0 Å². The van der Waals surface area contributed by atoms with Gasteiger partial charge in [0.2, 0.25) is 17.7 Å². The Morgan fingerprint density at radius 1 is 1.02 bits per heavy atom. The number of rotatable bonds is 17. The van der Waals surface area contributed by atoms with Gasteiger partial charge >= 0.3 is 5.69 Å². The Bertz CT molecular complexity index is 2540. The molecular formula is C45H55F2N11O6. The number of fused-ring (bicyclic) bond motifs is 1. The first-order valence-corrected chi connectivity index (χ1v) is 22.5. The molecule has 6 heterocycles. The molecule has 340 valence electrons. The monoisotopic (exact) mass is 883 g/mol. The largest absolute Gasteiger partial charge is 0.444 e. The zero-order valence-electron chi connectivity index (χ0n) is 35.9. The number of benzene rings is 1. The molecule has 2 saturated carbocycles. The average molecular weight is 884 g/mol. The van der Waals surface area contributed by atoms with Crippen LogP contribution in [0.1, 0.15) is 98.0 Å². The zero-order valence-corrected chi connectivity index (χ0v) is 35.9. The Kier molecular flexibility index (Phi) is 13.0. The van der Waals surface area contributed by atoms with Crippen molar-refractivity contribution >= 4 is 40.3 Å². The summed E-state index contributed by atoms with van der Waals surface area (Å²) in [4.78, 5) is 62.0. The number of oxazole rings is 1. The predicted molar refractivity (Wildman–Crippen MR) is 233 cm³/mol. The summed E-state index contributed by atoms with van der Waals surface area (Å²) in [5.74, 6) is 0.586. The predicted octanol–water partition coefficient (Wildman–Crippen LogP) is 5.23. The van der Waals surface area contributed by atoms with E-state index in [0.717, 1.165) is 88.9 Å². The normalized spacial score (nSPS) is 22.0. The van der Waals surface area contributed by atoms with Gasteiger partial charge in [0.15, 0.2) is 11.4 Å². The number of para-hydroxylation sites is 1. The lowest BCUT2D eigenvalue weighted by Crippen LogP contribution is -2.47. The van der Waals surface area contributed by atoms with Crippen LogP contribution in [0.5, 0.6) is 0 Å². The number of nitrogens with one attached hydrogen (secondary N) is 4. The SMILES string of the molecule is Cn1c(=O)n(C2CCC(=O)NC2=O)c2cccc(CCCN3CCO[C@H](CNCC4CCC(n5cc(NC(=O)c6coc(-c7ccnc(NCC8CC8)c7)n6)c(C(F)F)n5)CC4)C3)c21. The van der Waals surface area contributed by atoms with Gasteiger partial charge in [0.1, 0.15) is 18.1 Å². The number of piperidine rings is 1. The molecule has 17 nitrogen and oxygen atoms in total. The molecule has 4 aromatic heterocycles. The number of anilines is 2. The van der Waals surface area contributed by atoms with Crippen molar-refractivity contribution in [2.24, 2.45) is 18.9 Å². The van der Waals surface area contributed by atoms with Crippen molar-refractivity contribution in [2.45, 2.75) is 88.8 Å². The maximum absolute atomic E-state index is 14.2. The molecule has 64 heavy (non-hydrogen) atoms. The second-order valence-electron chi connectivity index (χ2n) is 17.6. The van der Waals surface area contributed by atoms with Crippen LogP contribution in [0.25, 0.3) is 22.5 Å². The van der Waals surface area contributed by atoms with Gasteiger partial charge in [-0.3, -0.25) is 38.4 Å². The van der Waals surface area contributed by atoms with E-state index in [2.05, 4.69) is 41.2 Å². The van der Waals surface area contributed by atoms with Crippen molar-refractivity contribution in [2.75, 3.05) is 56.5 Å². The van der Waals surface area contributed by atoms with E-state index in [-0.39, 0.29) is 47.4 Å². The number of carbonyl (C=O) groups is 3. The maximum Gasteiger partial charge on any atom is 0.329 e. The molecule has 3 amide bonds. The third kappa shape index (κ3) is 9.80. The lowest BCUT2D eigenvalue weighted by molar-refractivity contribution is -0.135. The van der Waals surface area contributed by atoms with Crippen LogP contribution in [-0.4, -0.2) is 103 Å². The Hall–Kier alpha value is -5.79. The van der Waals surface area contributed by atoms with Crippen molar-refractivity contribution in [1.82, 2.24) is 44.4 Å². The molecule has 0 bridgehead atoms. The van der Waals surface area contributed by atoms with Crippen molar-refractivity contribution in [3.63, 3.8) is 0 Å². The number of hydrogen-bond donors (Lipinski definition) is 4. The number of nitrogens with zero attached hydrogens (tertiary/aromatic N) is 7. The first-order chi connectivity index (χ1) is 31.1. The fourth-order valence-corrected chi connectivity index (χ4v) is 9.39. The highest BCUT2D eigenvalue weighted by atomic mass is 19.3. The molecule has 9 rings (SSSR count). The topological polar surface area (TPSA) is 195 Å². The fourth-order valence-electron chi connectivity index (χ4n) is 9.39. The summed E-state index contributed by atoms with van der Waals surface area (Å²) in [6.45, 7) is 5.56. The summed E-state index contributed by atoms with van der Waals surface area (Å²) in [6.07, 6.45) is 9.46. The summed E-state index contributed by atoms with van der Waals surface area (Å²) in [6, 6.07) is 8.57. The summed E-state index contributed by atoms with van der Waals surface area (Å²) in [5, 5.41) is 16.1. The third-order valence-corrected chi connectivity index (χ3v) is 13.1. The summed E-state index contributed by atoms with van der Waals surface area (Å²) in [5.41, 5.74) is 2.38. The number of carbonyl (C=O) groups excluding carboxylic acids is 3. The third-order valence-electron chi connectivity index (χ3n) is 13.1. The Balaban J connectivity index is 0.718. The second-order valence-corrected chi connectivity index (χ2v) is 17.6. The highest BCUT2D eigenvalue weighted by molar-refractivity contribution is 6.03. The molecule has 0 radical (unpaired) electrons. The van der Waals surface area contributed by atoms with E-state index in [1.807, 2.05) is 18.2 Å². The maximum atomic E-state index is 14.2. The number of pyridine rings is 1. The van der Waals surface area contributed by atoms with Gasteiger partial charge in [-0.05, 0) is 106 Å². The molecule has 2 saturated heterocycles. The van der Waals surface area contributed by atoms with Crippen molar-refractivity contribution < 1.29 is 32.3 Å². The van der Waals surface area contributed by atoms with Crippen LogP contribution in [0.15, 0.2) is 58.2 Å². The Morgan fingerprint density at radius 2 is 1.83 bits per heavy atom. The number of alkyl halides is 2. The van der Waals surface area contributed by atoms with E-state index >= 15 is 0 Å². The highest BCUT2D eigenvalue weighted by Gasteiger charge is 2.32. The standard InChI is InChI=1S/C45H55F2N11O6/c1-55-40-29(4-2-6-35(40)58(45(55)62)36-13-14-38(59)53-43(36)61)5-3-17-56-18-19-63-32(24-56)23-48-21-27-9-11-31(12-10-27)57-25-33(39(54-57)41(46)47)51-42(60)34-26-64-44(52-34)30-15-16-49-37(20-30)50-22-28-7-8-28/h2,4,6,15-16,20,25-28,31-32,36,41,48H,3,5,7-14,17-19,21-24H2,1H3,(H,49,50)(H,51,60)(H,53,59,61)/t27?,31?,32-,36?/m1/s1. The number of ether oxygens (including phenoxy) is 1. The molecule has 0 spiro atoms. The van der Waals surface area contributed by atoms with E-state index in [0.29, 0.717) is 41.8 Å². The Morgan fingerprint density at radius 3 is 2.62 bits per heavy atom. The summed E-state index contributed by atoms with van der Waals surface area (Å²) < 4.78 is 44.8. The lowest BCUT2D eigenvalue weighted by atomic mass is 9.86. The molecule has 4 fully saturated rings. The van der Waals surface area contributed by atoms with Crippen LogP contribution >= 0.6 is 0 Å². The molecule has 1 unspecified atom stereocenters. The summed E-state index contributed by atoms with van der Waals surface area (Å²) in [7, 11) is 1.73. The molecule has 2 aliphatic heterocycles. The van der Waals surface area contributed by atoms with E-state index in [4.69, 9.17) is 9.15 Å². The molecule has 5 aromatic rings. The van der Waals surface area contributed by atoms with Gasteiger partial charge in [0, 0.05) is 57.6 Å². The molecule has 2 atom stereocenters. The number of aromatic nitrogens is 6. The van der Waals surface area contributed by atoms with Crippen LogP contribution in [0, 0.1) is 11.8 Å². The molecule has 19 heteroatoms. The smallest absolute Gasteiger partial charge is 0.329 e. The summed E-state index contributed by atoms with van der Waals surface area (Å²) >= 11 is 0. The van der Waals surface area contributed by atoms with Gasteiger partial charge in [-0.25, -0.2) is 23.5 Å². The van der Waals surface area contributed by atoms with Gasteiger partial charge in [-0.1, -0.05) is 12.1 Å². The number of imidazole rings is 1. The number of imide groups is 1. The van der Waals surface area contributed by atoms with E-state index in [1.165, 1.54) is 29.9 Å². The van der Waals surface area contributed by atoms with Crippen LogP contribution in [-0.2, 0) is 27.8 Å². The van der Waals surface area contributed by atoms with E-state index in [1.54, 1.807) is 34.6 Å². The molecule has 4 N–H and O–H groups in total. The highest BCUT2D eigenvalue weighted by Crippen LogP contribution is 2.35. The van der Waals surface area contributed by atoms with Gasteiger partial charge < -0.3 is 25.1 Å². The van der Waals surface area contributed by atoms with Gasteiger partial charge in [0.25, 0.3) is 12.3 Å². The minimum Gasteiger partial charge on any atom is -0.444 e. The number of aryl methyl sites for hydroxylation is 2. The van der Waals surface area contributed by atoms with Crippen molar-refractivity contribution in [3.05, 3.63) is 76.4 Å². The molecule has 1 aromatic carbocycles. The first-order valence-electron chi connectivity index (χ1n) is 22.5. The average Bonchev–Trinajstić information content (AvgIpc) is 3.70. The van der Waals surface area contributed by atoms with Gasteiger partial charge in [-0.2, -0.15) is 5.10 Å². The lowest BCUT2D eigenvalue weighted by Gasteiger charge is -2.34. The molecule has 2 aliphatic carbocycles.